The molecule has 0 radical (unpaired) electrons. The number of nitro benzene ring substituents is 1. The Morgan fingerprint density at radius 1 is 1.15 bits per heavy atom. The summed E-state index contributed by atoms with van der Waals surface area (Å²) in [6.45, 7) is 3.34. The first kappa shape index (κ1) is 20.4. The number of carbonyl (C=O) groups excluding carboxylic acids is 1. The van der Waals surface area contributed by atoms with E-state index in [1.807, 2.05) is 31.2 Å². The zero-order valence-electron chi connectivity index (χ0n) is 15.3. The summed E-state index contributed by atoms with van der Waals surface area (Å²) in [5.74, 6) is -0.505. The number of carbonyl (C=O) groups is 1. The van der Waals surface area contributed by atoms with Gasteiger partial charge in [-0.25, -0.2) is 8.42 Å². The molecule has 27 heavy (non-hydrogen) atoms. The third kappa shape index (κ3) is 5.27. The average molecular weight is 391 g/mol. The molecule has 0 saturated heterocycles. The normalized spacial score (nSPS) is 11.1. The third-order valence-electron chi connectivity index (χ3n) is 4.10. The molecule has 0 bridgehead atoms. The highest BCUT2D eigenvalue weighted by Gasteiger charge is 2.24. The third-order valence-corrected chi connectivity index (χ3v) is 5.22. The number of non-ortho nitro benzene ring substituents is 1. The van der Waals surface area contributed by atoms with E-state index in [4.69, 9.17) is 0 Å². The number of amides is 1. The maximum Gasteiger partial charge on any atom is 0.271 e. The van der Waals surface area contributed by atoms with Crippen molar-refractivity contribution in [2.75, 3.05) is 17.1 Å². The molecular weight excluding hydrogens is 370 g/mol. The Labute approximate surface area is 158 Å². The van der Waals surface area contributed by atoms with Crippen LogP contribution in [0.1, 0.15) is 16.7 Å². The highest BCUT2D eigenvalue weighted by atomic mass is 32.2. The molecule has 0 unspecified atom stereocenters. The van der Waals surface area contributed by atoms with Crippen LogP contribution in [0.2, 0.25) is 0 Å². The molecule has 0 aromatic heterocycles. The van der Waals surface area contributed by atoms with Crippen LogP contribution in [-0.2, 0) is 21.4 Å². The monoisotopic (exact) mass is 391 g/mol. The maximum atomic E-state index is 12.3. The predicted octanol–water partition coefficient (Wildman–Crippen LogP) is 2.29. The van der Waals surface area contributed by atoms with Gasteiger partial charge >= 0.3 is 0 Å². The van der Waals surface area contributed by atoms with Crippen molar-refractivity contribution >= 4 is 27.3 Å². The molecule has 0 aliphatic heterocycles. The number of rotatable bonds is 7. The van der Waals surface area contributed by atoms with Crippen LogP contribution >= 0.6 is 0 Å². The minimum atomic E-state index is -3.82. The molecule has 8 nitrogen and oxygen atoms in total. The lowest BCUT2D eigenvalue weighted by molar-refractivity contribution is -0.384. The summed E-state index contributed by atoms with van der Waals surface area (Å²) >= 11 is 0. The molecule has 1 N–H and O–H groups in total. The van der Waals surface area contributed by atoms with Gasteiger partial charge in [0.1, 0.15) is 6.54 Å². The van der Waals surface area contributed by atoms with Crippen molar-refractivity contribution in [1.29, 1.82) is 0 Å². The SMILES string of the molecule is Cc1ccccc1CNC(=O)CN(c1cc([N+](=O)[O-])ccc1C)S(C)(=O)=O. The van der Waals surface area contributed by atoms with E-state index in [1.165, 1.54) is 12.1 Å². The van der Waals surface area contributed by atoms with Gasteiger partial charge in [-0.3, -0.25) is 19.2 Å². The number of hydrogen-bond donors (Lipinski definition) is 1. The molecule has 0 spiro atoms. The maximum absolute atomic E-state index is 12.3. The Kier molecular flexibility index (Phi) is 6.17. The van der Waals surface area contributed by atoms with Crippen molar-refractivity contribution < 1.29 is 18.1 Å². The zero-order chi connectivity index (χ0) is 20.2. The average Bonchev–Trinajstić information content (AvgIpc) is 2.58. The van der Waals surface area contributed by atoms with Crippen molar-refractivity contribution in [3.63, 3.8) is 0 Å². The lowest BCUT2D eigenvalue weighted by Gasteiger charge is -2.23. The fourth-order valence-electron chi connectivity index (χ4n) is 2.55. The molecule has 0 saturated carbocycles. The van der Waals surface area contributed by atoms with E-state index >= 15 is 0 Å². The minimum absolute atomic E-state index is 0.109. The van der Waals surface area contributed by atoms with E-state index < -0.39 is 27.4 Å². The van der Waals surface area contributed by atoms with Crippen molar-refractivity contribution in [3.05, 3.63) is 69.3 Å². The summed E-state index contributed by atoms with van der Waals surface area (Å²) in [6.07, 6.45) is 0.958. The first-order valence-electron chi connectivity index (χ1n) is 8.13. The first-order chi connectivity index (χ1) is 12.6. The van der Waals surface area contributed by atoms with Gasteiger partial charge in [-0.05, 0) is 30.5 Å². The molecule has 2 aromatic rings. The van der Waals surface area contributed by atoms with Crippen LogP contribution in [0.5, 0.6) is 0 Å². The Morgan fingerprint density at radius 3 is 2.41 bits per heavy atom. The second kappa shape index (κ2) is 8.17. The first-order valence-corrected chi connectivity index (χ1v) is 9.98. The molecule has 2 aromatic carbocycles. The van der Waals surface area contributed by atoms with Gasteiger partial charge in [-0.2, -0.15) is 0 Å². The van der Waals surface area contributed by atoms with Gasteiger partial charge in [0.05, 0.1) is 16.9 Å². The van der Waals surface area contributed by atoms with Gasteiger partial charge < -0.3 is 5.32 Å². The molecule has 0 aliphatic rings. The Balaban J connectivity index is 2.23. The fraction of sp³-hybridized carbons (Fsp3) is 0.278. The van der Waals surface area contributed by atoms with Gasteiger partial charge in [0.15, 0.2) is 0 Å². The number of nitrogens with one attached hydrogen (secondary N) is 1. The molecule has 0 fully saturated rings. The van der Waals surface area contributed by atoms with Gasteiger partial charge in [-0.1, -0.05) is 30.3 Å². The standard InChI is InChI=1S/C18H21N3O5S/c1-13-6-4-5-7-15(13)11-19-18(22)12-20(27(3,25)26)17-10-16(21(23)24)9-8-14(17)2/h4-10H,11-12H2,1-3H3,(H,19,22). The molecule has 9 heteroatoms. The molecule has 1 amide bonds. The number of aryl methyl sites for hydroxylation is 2. The Hall–Kier alpha value is -2.94. The molecule has 0 atom stereocenters. The van der Waals surface area contributed by atoms with Crippen LogP contribution in [0.25, 0.3) is 0 Å². The van der Waals surface area contributed by atoms with E-state index in [0.29, 0.717) is 5.56 Å². The van der Waals surface area contributed by atoms with Crippen LogP contribution in [-0.4, -0.2) is 32.0 Å². The Morgan fingerprint density at radius 2 is 1.81 bits per heavy atom. The van der Waals surface area contributed by atoms with Gasteiger partial charge in [0, 0.05) is 18.7 Å². The quantitative estimate of drug-likeness (QED) is 0.575. The summed E-state index contributed by atoms with van der Waals surface area (Å²) in [5, 5.41) is 13.7. The second-order valence-electron chi connectivity index (χ2n) is 6.20. The number of benzene rings is 2. The van der Waals surface area contributed by atoms with Crippen molar-refractivity contribution in [3.8, 4) is 0 Å². The van der Waals surface area contributed by atoms with E-state index in [2.05, 4.69) is 5.32 Å². The van der Waals surface area contributed by atoms with Crippen molar-refractivity contribution in [2.24, 2.45) is 0 Å². The second-order valence-corrected chi connectivity index (χ2v) is 8.11. The van der Waals surface area contributed by atoms with Crippen LogP contribution < -0.4 is 9.62 Å². The molecule has 2 rings (SSSR count). The van der Waals surface area contributed by atoms with Crippen molar-refractivity contribution in [2.45, 2.75) is 20.4 Å². The fourth-order valence-corrected chi connectivity index (χ4v) is 3.46. The number of nitrogens with zero attached hydrogens (tertiary/aromatic N) is 2. The van der Waals surface area contributed by atoms with E-state index in [0.717, 1.165) is 27.8 Å². The summed E-state index contributed by atoms with van der Waals surface area (Å²) in [4.78, 5) is 22.7. The summed E-state index contributed by atoms with van der Waals surface area (Å²) < 4.78 is 25.3. The lowest BCUT2D eigenvalue weighted by atomic mass is 10.1. The van der Waals surface area contributed by atoms with E-state index in [1.54, 1.807) is 6.92 Å². The van der Waals surface area contributed by atoms with Gasteiger partial charge in [0.25, 0.3) is 5.69 Å². The summed E-state index contributed by atoms with van der Waals surface area (Å²) in [5.41, 5.74) is 2.30. The molecular formula is C18H21N3O5S. The van der Waals surface area contributed by atoms with Crippen molar-refractivity contribution in [1.82, 2.24) is 5.32 Å². The minimum Gasteiger partial charge on any atom is -0.350 e. The lowest BCUT2D eigenvalue weighted by Crippen LogP contribution is -2.40. The smallest absolute Gasteiger partial charge is 0.271 e. The van der Waals surface area contributed by atoms with Gasteiger partial charge in [-0.15, -0.1) is 0 Å². The molecule has 0 heterocycles. The number of sulfonamides is 1. The van der Waals surface area contributed by atoms with Crippen LogP contribution in [0.4, 0.5) is 11.4 Å². The van der Waals surface area contributed by atoms with Gasteiger partial charge in [0.2, 0.25) is 15.9 Å². The summed E-state index contributed by atoms with van der Waals surface area (Å²) in [7, 11) is -3.82. The van der Waals surface area contributed by atoms with E-state index in [-0.39, 0.29) is 17.9 Å². The topological polar surface area (TPSA) is 110 Å². The predicted molar refractivity (Wildman–Crippen MR) is 103 cm³/mol. The van der Waals surface area contributed by atoms with E-state index in [9.17, 15) is 23.3 Å². The molecule has 0 aliphatic carbocycles. The molecule has 144 valence electrons. The van der Waals surface area contributed by atoms with Crippen LogP contribution in [0, 0.1) is 24.0 Å². The number of anilines is 1. The summed E-state index contributed by atoms with van der Waals surface area (Å²) in [6, 6.07) is 11.4. The van der Waals surface area contributed by atoms with Crippen LogP contribution in [0.15, 0.2) is 42.5 Å². The van der Waals surface area contributed by atoms with Crippen LogP contribution in [0.3, 0.4) is 0 Å². The highest BCUT2D eigenvalue weighted by molar-refractivity contribution is 7.92. The number of nitro groups is 1. The number of hydrogen-bond acceptors (Lipinski definition) is 5. The largest absolute Gasteiger partial charge is 0.350 e. The highest BCUT2D eigenvalue weighted by Crippen LogP contribution is 2.27. The Bertz CT molecular complexity index is 973. The zero-order valence-corrected chi connectivity index (χ0v) is 16.1.